The monoisotopic (exact) mass is 305 g/mol. The molecule has 2 aromatic carbocycles. The summed E-state index contributed by atoms with van der Waals surface area (Å²) in [5.41, 5.74) is 0.528. The quantitative estimate of drug-likeness (QED) is 0.785. The Balaban J connectivity index is 2.17. The summed E-state index contributed by atoms with van der Waals surface area (Å²) in [7, 11) is 0. The molecule has 0 amide bonds. The van der Waals surface area contributed by atoms with Crippen molar-refractivity contribution < 1.29 is 13.2 Å². The molecule has 0 spiro atoms. The van der Waals surface area contributed by atoms with E-state index in [-0.39, 0.29) is 12.2 Å². The molecule has 1 N–H and O–H groups in total. The predicted octanol–water partition coefficient (Wildman–Crippen LogP) is 5.02. The SMILES string of the molecule is Fc1ccc(NCc2ccc(Cl)cc2Cl)c(F)c1F. The van der Waals surface area contributed by atoms with Gasteiger partial charge < -0.3 is 5.32 Å². The molecule has 0 saturated heterocycles. The second kappa shape index (κ2) is 5.72. The van der Waals surface area contributed by atoms with Gasteiger partial charge in [0, 0.05) is 16.6 Å². The number of benzene rings is 2. The van der Waals surface area contributed by atoms with E-state index in [4.69, 9.17) is 23.2 Å². The molecule has 2 rings (SSSR count). The van der Waals surface area contributed by atoms with Crippen molar-refractivity contribution in [3.8, 4) is 0 Å². The third-order valence-electron chi connectivity index (χ3n) is 2.52. The zero-order valence-electron chi connectivity index (χ0n) is 9.48. The van der Waals surface area contributed by atoms with Crippen molar-refractivity contribution in [1.29, 1.82) is 0 Å². The highest BCUT2D eigenvalue weighted by atomic mass is 35.5. The summed E-state index contributed by atoms with van der Waals surface area (Å²) in [5, 5.41) is 3.53. The second-order valence-electron chi connectivity index (χ2n) is 3.81. The zero-order valence-corrected chi connectivity index (χ0v) is 11.0. The fraction of sp³-hybridized carbons (Fsp3) is 0.0769. The second-order valence-corrected chi connectivity index (χ2v) is 4.66. The van der Waals surface area contributed by atoms with Gasteiger partial charge in [0.15, 0.2) is 17.5 Å². The van der Waals surface area contributed by atoms with Crippen molar-refractivity contribution in [3.63, 3.8) is 0 Å². The van der Waals surface area contributed by atoms with Gasteiger partial charge in [0.05, 0.1) is 5.69 Å². The Morgan fingerprint density at radius 2 is 1.68 bits per heavy atom. The highest BCUT2D eigenvalue weighted by Gasteiger charge is 2.13. The Hall–Kier alpha value is -1.39. The van der Waals surface area contributed by atoms with Crippen LogP contribution in [0, 0.1) is 17.5 Å². The van der Waals surface area contributed by atoms with E-state index in [0.717, 1.165) is 12.1 Å². The van der Waals surface area contributed by atoms with Gasteiger partial charge in [0.25, 0.3) is 0 Å². The van der Waals surface area contributed by atoms with E-state index in [1.807, 2.05) is 0 Å². The van der Waals surface area contributed by atoms with Gasteiger partial charge in [-0.2, -0.15) is 0 Å². The van der Waals surface area contributed by atoms with Gasteiger partial charge in [0.2, 0.25) is 0 Å². The van der Waals surface area contributed by atoms with E-state index in [1.54, 1.807) is 18.2 Å². The molecule has 0 aliphatic heterocycles. The molecule has 6 heteroatoms. The lowest BCUT2D eigenvalue weighted by atomic mass is 10.2. The van der Waals surface area contributed by atoms with E-state index in [1.165, 1.54) is 0 Å². The molecular weight excluding hydrogens is 298 g/mol. The number of hydrogen-bond acceptors (Lipinski definition) is 1. The van der Waals surface area contributed by atoms with E-state index in [9.17, 15) is 13.2 Å². The maximum Gasteiger partial charge on any atom is 0.196 e. The topological polar surface area (TPSA) is 12.0 Å². The van der Waals surface area contributed by atoms with Crippen molar-refractivity contribution in [1.82, 2.24) is 0 Å². The minimum atomic E-state index is -1.51. The lowest BCUT2D eigenvalue weighted by molar-refractivity contribution is 0.449. The zero-order chi connectivity index (χ0) is 14.0. The number of halogens is 5. The Labute approximate surface area is 118 Å². The fourth-order valence-corrected chi connectivity index (χ4v) is 1.99. The van der Waals surface area contributed by atoms with Crippen molar-refractivity contribution in [2.75, 3.05) is 5.32 Å². The molecule has 100 valence electrons. The first-order chi connectivity index (χ1) is 8.99. The van der Waals surface area contributed by atoms with Gasteiger partial charge in [-0.3, -0.25) is 0 Å². The molecule has 0 fully saturated rings. The van der Waals surface area contributed by atoms with Crippen LogP contribution in [-0.2, 0) is 6.54 Å². The smallest absolute Gasteiger partial charge is 0.196 e. The van der Waals surface area contributed by atoms with Crippen LogP contribution < -0.4 is 5.32 Å². The lowest BCUT2D eigenvalue weighted by Crippen LogP contribution is -2.04. The maximum absolute atomic E-state index is 13.4. The molecule has 0 aliphatic rings. The average molecular weight is 306 g/mol. The van der Waals surface area contributed by atoms with Crippen LogP contribution in [0.1, 0.15) is 5.56 Å². The van der Waals surface area contributed by atoms with Crippen LogP contribution in [0.3, 0.4) is 0 Å². The number of rotatable bonds is 3. The van der Waals surface area contributed by atoms with E-state index >= 15 is 0 Å². The minimum Gasteiger partial charge on any atom is -0.378 e. The standard InChI is InChI=1S/C13H8Cl2F3N/c14-8-2-1-7(9(15)5-8)6-19-11-4-3-10(16)12(17)13(11)18/h1-5,19H,6H2. The molecule has 0 saturated carbocycles. The van der Waals surface area contributed by atoms with Crippen molar-refractivity contribution in [3.05, 3.63) is 63.4 Å². The van der Waals surface area contributed by atoms with E-state index in [0.29, 0.717) is 15.6 Å². The highest BCUT2D eigenvalue weighted by molar-refractivity contribution is 6.35. The highest BCUT2D eigenvalue weighted by Crippen LogP contribution is 2.24. The molecule has 0 heterocycles. The molecular formula is C13H8Cl2F3N. The van der Waals surface area contributed by atoms with E-state index in [2.05, 4.69) is 5.32 Å². The van der Waals surface area contributed by atoms with E-state index < -0.39 is 17.5 Å². The van der Waals surface area contributed by atoms with Gasteiger partial charge in [0.1, 0.15) is 0 Å². The predicted molar refractivity (Wildman–Crippen MR) is 70.1 cm³/mol. The van der Waals surface area contributed by atoms with Crippen molar-refractivity contribution >= 4 is 28.9 Å². The summed E-state index contributed by atoms with van der Waals surface area (Å²) in [6, 6.07) is 6.81. The van der Waals surface area contributed by atoms with Crippen molar-refractivity contribution in [2.45, 2.75) is 6.54 Å². The van der Waals surface area contributed by atoms with Crippen LogP contribution in [0.2, 0.25) is 10.0 Å². The van der Waals surface area contributed by atoms with Gasteiger partial charge in [-0.1, -0.05) is 29.3 Å². The Bertz CT molecular complexity index is 617. The first-order valence-electron chi connectivity index (χ1n) is 5.30. The number of anilines is 1. The first-order valence-corrected chi connectivity index (χ1v) is 6.06. The molecule has 0 atom stereocenters. The van der Waals surface area contributed by atoms with Gasteiger partial charge in [-0.05, 0) is 29.8 Å². The van der Waals surface area contributed by atoms with Gasteiger partial charge in [-0.15, -0.1) is 0 Å². The number of nitrogens with one attached hydrogen (secondary N) is 1. The van der Waals surface area contributed by atoms with Gasteiger partial charge in [-0.25, -0.2) is 13.2 Å². The van der Waals surface area contributed by atoms with Crippen LogP contribution in [0.5, 0.6) is 0 Å². The molecule has 0 aromatic heterocycles. The largest absolute Gasteiger partial charge is 0.378 e. The summed E-state index contributed by atoms with van der Waals surface area (Å²) < 4.78 is 39.2. The molecule has 0 bridgehead atoms. The fourth-order valence-electron chi connectivity index (χ4n) is 1.52. The summed E-state index contributed by atoms with van der Waals surface area (Å²) in [6.45, 7) is 0.165. The normalized spacial score (nSPS) is 10.6. The average Bonchev–Trinajstić information content (AvgIpc) is 2.37. The Morgan fingerprint density at radius 1 is 0.947 bits per heavy atom. The molecule has 19 heavy (non-hydrogen) atoms. The molecule has 0 aliphatic carbocycles. The Morgan fingerprint density at radius 3 is 2.37 bits per heavy atom. The molecule has 0 unspecified atom stereocenters. The van der Waals surface area contributed by atoms with Crippen LogP contribution in [0.25, 0.3) is 0 Å². The summed E-state index contributed by atoms with van der Waals surface area (Å²) >= 11 is 11.7. The minimum absolute atomic E-state index is 0.134. The van der Waals surface area contributed by atoms with Crippen LogP contribution in [0.4, 0.5) is 18.9 Å². The number of hydrogen-bond donors (Lipinski definition) is 1. The third kappa shape index (κ3) is 3.14. The molecule has 2 aromatic rings. The summed E-state index contributed by atoms with van der Waals surface area (Å²) in [4.78, 5) is 0. The van der Waals surface area contributed by atoms with Crippen molar-refractivity contribution in [2.24, 2.45) is 0 Å². The Kier molecular flexibility index (Phi) is 4.22. The summed E-state index contributed by atoms with van der Waals surface area (Å²) in [5.74, 6) is -4.00. The van der Waals surface area contributed by atoms with Crippen LogP contribution >= 0.6 is 23.2 Å². The third-order valence-corrected chi connectivity index (χ3v) is 3.11. The maximum atomic E-state index is 13.4. The summed E-state index contributed by atoms with van der Waals surface area (Å²) in [6.07, 6.45) is 0. The van der Waals surface area contributed by atoms with Crippen LogP contribution in [0.15, 0.2) is 30.3 Å². The lowest BCUT2D eigenvalue weighted by Gasteiger charge is -2.10. The molecule has 0 radical (unpaired) electrons. The molecule has 1 nitrogen and oxygen atoms in total. The first kappa shape index (κ1) is 14.0. The van der Waals surface area contributed by atoms with Gasteiger partial charge >= 0.3 is 0 Å². The van der Waals surface area contributed by atoms with Crippen LogP contribution in [-0.4, -0.2) is 0 Å².